The molecule has 9 heteroatoms. The summed E-state index contributed by atoms with van der Waals surface area (Å²) < 4.78 is 0. The first kappa shape index (κ1) is 22.2. The minimum Gasteiger partial charge on any atom is -0.399 e. The number of hydrogen-bond donors (Lipinski definition) is 7. The number of guanidine groups is 1. The quantitative estimate of drug-likeness (QED) is 0.120. The lowest BCUT2D eigenvalue weighted by molar-refractivity contribution is -0.122. The van der Waals surface area contributed by atoms with Crippen molar-refractivity contribution in [3.8, 4) is 0 Å². The zero-order chi connectivity index (χ0) is 20.2. The van der Waals surface area contributed by atoms with Crippen LogP contribution in [-0.2, 0) is 11.2 Å². The maximum absolute atomic E-state index is 12.2. The second-order valence-corrected chi connectivity index (χ2v) is 6.26. The first-order valence-corrected chi connectivity index (χ1v) is 9.13. The average Bonchev–Trinajstić information content (AvgIpc) is 2.63. The number of nitrogens with two attached hydrogens (primary N) is 3. The van der Waals surface area contributed by atoms with Crippen molar-refractivity contribution in [2.45, 2.75) is 38.6 Å². The van der Waals surface area contributed by atoms with Crippen molar-refractivity contribution < 1.29 is 9.59 Å². The van der Waals surface area contributed by atoms with Gasteiger partial charge in [-0.2, -0.15) is 0 Å². The summed E-state index contributed by atoms with van der Waals surface area (Å²) in [5.41, 5.74) is 18.9. The van der Waals surface area contributed by atoms with Gasteiger partial charge in [0.05, 0.1) is 6.04 Å². The van der Waals surface area contributed by atoms with Crippen LogP contribution in [0.15, 0.2) is 18.2 Å². The third-order valence-electron chi connectivity index (χ3n) is 4.04. The van der Waals surface area contributed by atoms with Gasteiger partial charge in [0.25, 0.3) is 5.91 Å². The van der Waals surface area contributed by atoms with Gasteiger partial charge >= 0.3 is 0 Å². The Bertz CT molecular complexity index is 649. The van der Waals surface area contributed by atoms with Gasteiger partial charge in [0.15, 0.2) is 5.96 Å². The molecule has 9 nitrogen and oxygen atoms in total. The van der Waals surface area contributed by atoms with Crippen LogP contribution >= 0.6 is 0 Å². The second-order valence-electron chi connectivity index (χ2n) is 6.26. The number of aryl methyl sites for hydroxylation is 1. The Labute approximate surface area is 159 Å². The monoisotopic (exact) mass is 377 g/mol. The Hall–Kier alpha value is -2.81. The lowest BCUT2D eigenvalue weighted by Gasteiger charge is -2.13. The molecule has 0 saturated carbocycles. The van der Waals surface area contributed by atoms with Crippen molar-refractivity contribution in [3.05, 3.63) is 29.3 Å². The molecule has 0 unspecified atom stereocenters. The Morgan fingerprint density at radius 2 is 1.78 bits per heavy atom. The van der Waals surface area contributed by atoms with Crippen molar-refractivity contribution >= 4 is 23.5 Å². The number of rotatable bonds is 11. The Kier molecular flexibility index (Phi) is 9.66. The molecule has 0 heterocycles. The highest BCUT2D eigenvalue weighted by Crippen LogP contribution is 2.14. The molecule has 0 aromatic heterocycles. The third-order valence-corrected chi connectivity index (χ3v) is 4.04. The molecule has 1 rings (SSSR count). The molecule has 0 fully saturated rings. The van der Waals surface area contributed by atoms with Crippen molar-refractivity contribution in [1.29, 1.82) is 5.41 Å². The van der Waals surface area contributed by atoms with Gasteiger partial charge in [-0.25, -0.2) is 0 Å². The molecular weight excluding hydrogens is 346 g/mol. The van der Waals surface area contributed by atoms with E-state index >= 15 is 0 Å². The van der Waals surface area contributed by atoms with Gasteiger partial charge in [0.1, 0.15) is 0 Å². The van der Waals surface area contributed by atoms with Crippen LogP contribution in [0.5, 0.6) is 0 Å². The van der Waals surface area contributed by atoms with E-state index in [1.165, 1.54) is 0 Å². The number of benzene rings is 1. The van der Waals surface area contributed by atoms with Crippen LogP contribution in [0.25, 0.3) is 0 Å². The normalized spacial score (nSPS) is 11.5. The van der Waals surface area contributed by atoms with Gasteiger partial charge in [-0.15, -0.1) is 0 Å². The van der Waals surface area contributed by atoms with Crippen molar-refractivity contribution in [3.63, 3.8) is 0 Å². The predicted octanol–water partition coefficient (Wildman–Crippen LogP) is -0.342. The molecule has 1 atom stereocenters. The summed E-state index contributed by atoms with van der Waals surface area (Å²) in [6, 6.07) is 4.64. The van der Waals surface area contributed by atoms with Gasteiger partial charge in [-0.05, 0) is 49.4 Å². The van der Waals surface area contributed by atoms with Crippen LogP contribution in [-0.4, -0.2) is 43.5 Å². The molecule has 0 spiro atoms. The van der Waals surface area contributed by atoms with Crippen LogP contribution in [0.1, 0.15) is 42.1 Å². The Balaban J connectivity index is 2.23. The summed E-state index contributed by atoms with van der Waals surface area (Å²) >= 11 is 0. The van der Waals surface area contributed by atoms with Crippen molar-refractivity contribution in [2.75, 3.05) is 25.4 Å². The molecular formula is C18H31N7O2. The van der Waals surface area contributed by atoms with E-state index in [-0.39, 0.29) is 17.8 Å². The molecule has 1 aromatic carbocycles. The molecule has 150 valence electrons. The summed E-state index contributed by atoms with van der Waals surface area (Å²) in [7, 11) is 0. The number of nitrogens with one attached hydrogen (secondary N) is 4. The van der Waals surface area contributed by atoms with Crippen LogP contribution in [0.3, 0.4) is 0 Å². The van der Waals surface area contributed by atoms with Crippen LogP contribution in [0.4, 0.5) is 5.69 Å². The minimum atomic E-state index is -0.602. The zero-order valence-electron chi connectivity index (χ0n) is 15.8. The lowest BCUT2D eigenvalue weighted by atomic mass is 10.0. The second kappa shape index (κ2) is 11.7. The van der Waals surface area contributed by atoms with E-state index in [1.807, 2.05) is 13.0 Å². The Morgan fingerprint density at radius 1 is 1.11 bits per heavy atom. The highest BCUT2D eigenvalue weighted by atomic mass is 16.2. The highest BCUT2D eigenvalue weighted by Gasteiger charge is 2.13. The SMILES string of the molecule is CCc1cc(N)ccc1C(=O)NCCCNC(=O)[C@@H](N)CCCNC(=N)N. The predicted molar refractivity (Wildman–Crippen MR) is 107 cm³/mol. The lowest BCUT2D eigenvalue weighted by Crippen LogP contribution is -2.42. The van der Waals surface area contributed by atoms with Crippen LogP contribution in [0, 0.1) is 5.41 Å². The van der Waals surface area contributed by atoms with E-state index in [4.69, 9.17) is 22.6 Å². The molecule has 0 aliphatic carbocycles. The number of amides is 2. The molecule has 0 aliphatic rings. The fraction of sp³-hybridized carbons (Fsp3) is 0.500. The maximum Gasteiger partial charge on any atom is 0.251 e. The van der Waals surface area contributed by atoms with Crippen LogP contribution < -0.4 is 33.2 Å². The zero-order valence-corrected chi connectivity index (χ0v) is 15.8. The van der Waals surface area contributed by atoms with E-state index in [1.54, 1.807) is 12.1 Å². The number of carbonyl (C=O) groups excluding carboxylic acids is 2. The maximum atomic E-state index is 12.2. The molecule has 0 radical (unpaired) electrons. The number of nitrogen functional groups attached to an aromatic ring is 1. The molecule has 10 N–H and O–H groups in total. The van der Waals surface area contributed by atoms with Crippen molar-refractivity contribution in [1.82, 2.24) is 16.0 Å². The van der Waals surface area contributed by atoms with E-state index in [0.717, 1.165) is 12.0 Å². The topological polar surface area (TPSA) is 172 Å². The summed E-state index contributed by atoms with van der Waals surface area (Å²) in [5, 5.41) is 15.3. The Morgan fingerprint density at radius 3 is 2.44 bits per heavy atom. The fourth-order valence-corrected chi connectivity index (χ4v) is 2.53. The smallest absolute Gasteiger partial charge is 0.251 e. The van der Waals surface area contributed by atoms with E-state index in [0.29, 0.717) is 50.1 Å². The largest absolute Gasteiger partial charge is 0.399 e. The molecule has 1 aromatic rings. The molecule has 0 saturated heterocycles. The summed E-state index contributed by atoms with van der Waals surface area (Å²) in [6.07, 6.45) is 2.47. The molecule has 0 bridgehead atoms. The summed E-state index contributed by atoms with van der Waals surface area (Å²) in [5.74, 6) is -0.469. The highest BCUT2D eigenvalue weighted by molar-refractivity contribution is 5.96. The van der Waals surface area contributed by atoms with Crippen LogP contribution in [0.2, 0.25) is 0 Å². The standard InChI is InChI=1S/C18H31N7O2/c1-2-12-11-13(19)6-7-14(12)16(26)23-9-4-10-24-17(27)15(20)5-3-8-25-18(21)22/h6-7,11,15H,2-5,8-10,19-20H2,1H3,(H,23,26)(H,24,27)(H4,21,22,25)/t15-/m0/s1. The molecule has 2 amide bonds. The fourth-order valence-electron chi connectivity index (χ4n) is 2.53. The van der Waals surface area contributed by atoms with E-state index in [2.05, 4.69) is 16.0 Å². The third kappa shape index (κ3) is 8.41. The van der Waals surface area contributed by atoms with Gasteiger partial charge in [0.2, 0.25) is 5.91 Å². The molecule has 27 heavy (non-hydrogen) atoms. The van der Waals surface area contributed by atoms with Crippen molar-refractivity contribution in [2.24, 2.45) is 11.5 Å². The summed E-state index contributed by atoms with van der Waals surface area (Å²) in [4.78, 5) is 24.1. The minimum absolute atomic E-state index is 0.0971. The number of carbonyl (C=O) groups is 2. The first-order chi connectivity index (χ1) is 12.8. The van der Waals surface area contributed by atoms with E-state index in [9.17, 15) is 9.59 Å². The van der Waals surface area contributed by atoms with Gasteiger partial charge < -0.3 is 33.2 Å². The van der Waals surface area contributed by atoms with E-state index < -0.39 is 6.04 Å². The first-order valence-electron chi connectivity index (χ1n) is 9.13. The average molecular weight is 377 g/mol. The number of anilines is 1. The van der Waals surface area contributed by atoms with Gasteiger partial charge in [0, 0.05) is 30.9 Å². The number of hydrogen-bond acceptors (Lipinski definition) is 5. The summed E-state index contributed by atoms with van der Waals surface area (Å²) in [6.45, 7) is 3.36. The molecule has 0 aliphatic heterocycles. The van der Waals surface area contributed by atoms with Gasteiger partial charge in [-0.1, -0.05) is 6.92 Å². The van der Waals surface area contributed by atoms with Gasteiger partial charge in [-0.3, -0.25) is 15.0 Å².